The molecule has 9 heteroatoms. The van der Waals surface area contributed by atoms with Gasteiger partial charge in [0.05, 0.1) is 12.0 Å². The van der Waals surface area contributed by atoms with Crippen LogP contribution in [-0.4, -0.2) is 34.7 Å². The molecule has 0 aliphatic carbocycles. The van der Waals surface area contributed by atoms with Gasteiger partial charge in [-0.1, -0.05) is 48.3 Å². The van der Waals surface area contributed by atoms with Crippen molar-refractivity contribution in [1.82, 2.24) is 5.32 Å². The molecular weight excluding hydrogens is 587 g/mol. The summed E-state index contributed by atoms with van der Waals surface area (Å²) < 4.78 is 26.0. The molecule has 1 unspecified atom stereocenters. The predicted molar refractivity (Wildman–Crippen MR) is 177 cm³/mol. The van der Waals surface area contributed by atoms with E-state index in [9.17, 15) is 23.9 Å². The van der Waals surface area contributed by atoms with Crippen molar-refractivity contribution in [3.8, 4) is 11.8 Å². The summed E-state index contributed by atoms with van der Waals surface area (Å²) in [6, 6.07) is 11.3. The van der Waals surface area contributed by atoms with Crippen molar-refractivity contribution >= 4 is 29.2 Å². The normalized spacial score (nSPS) is 12.2. The van der Waals surface area contributed by atoms with E-state index < -0.39 is 35.4 Å². The summed E-state index contributed by atoms with van der Waals surface area (Å²) in [5.41, 5.74) is 3.50. The Labute approximate surface area is 269 Å². The molecule has 0 spiro atoms. The van der Waals surface area contributed by atoms with Gasteiger partial charge in [-0.2, -0.15) is 0 Å². The summed E-state index contributed by atoms with van der Waals surface area (Å²) in [6.07, 6.45) is 4.81. The molecule has 3 N–H and O–H groups in total. The number of carboxylic acids is 1. The fourth-order valence-electron chi connectivity index (χ4n) is 4.18. The number of hydrogen-bond donors (Lipinski definition) is 3. The van der Waals surface area contributed by atoms with Crippen LogP contribution in [0.5, 0.6) is 0 Å². The average molecular weight is 627 g/mol. The molecule has 3 rings (SSSR count). The number of carboxylic acid groups (broad SMARTS) is 1. The zero-order valence-electron chi connectivity index (χ0n) is 26.9. The number of benzene rings is 2. The second-order valence-electron chi connectivity index (χ2n) is 11.7. The number of amides is 2. The van der Waals surface area contributed by atoms with Gasteiger partial charge in [-0.15, -0.1) is 0 Å². The minimum absolute atomic E-state index is 0.122. The molecule has 0 bridgehead atoms. The van der Waals surface area contributed by atoms with Gasteiger partial charge in [-0.3, -0.25) is 10.1 Å². The first-order valence-corrected chi connectivity index (χ1v) is 14.7. The third-order valence-electron chi connectivity index (χ3n) is 6.58. The van der Waals surface area contributed by atoms with Gasteiger partial charge in [-0.05, 0) is 95.1 Å². The highest BCUT2D eigenvalue weighted by Gasteiger charge is 2.22. The molecule has 1 atom stereocenters. The highest BCUT2D eigenvalue weighted by molar-refractivity contribution is 5.85. The Bertz CT molecular complexity index is 1730. The highest BCUT2D eigenvalue weighted by Crippen LogP contribution is 2.24. The van der Waals surface area contributed by atoms with Gasteiger partial charge in [0, 0.05) is 23.2 Å². The summed E-state index contributed by atoms with van der Waals surface area (Å²) in [6.45, 7) is 15.1. The summed E-state index contributed by atoms with van der Waals surface area (Å²) >= 11 is 0. The number of hydrogen-bond acceptors (Lipinski definition) is 5. The van der Waals surface area contributed by atoms with Crippen LogP contribution in [0.3, 0.4) is 0 Å². The van der Waals surface area contributed by atoms with Gasteiger partial charge < -0.3 is 19.6 Å². The molecule has 0 saturated heterocycles. The molecule has 3 aromatic rings. The van der Waals surface area contributed by atoms with Crippen LogP contribution in [0.1, 0.15) is 68.4 Å². The Kier molecular flexibility index (Phi) is 11.9. The van der Waals surface area contributed by atoms with Crippen molar-refractivity contribution in [1.29, 1.82) is 0 Å². The van der Waals surface area contributed by atoms with E-state index in [0.717, 1.165) is 11.1 Å². The van der Waals surface area contributed by atoms with Gasteiger partial charge in [-0.25, -0.2) is 14.0 Å². The maximum absolute atomic E-state index is 14.9. The lowest BCUT2D eigenvalue weighted by Gasteiger charge is -2.19. The van der Waals surface area contributed by atoms with Gasteiger partial charge in [0.15, 0.2) is 0 Å². The molecule has 2 aromatic carbocycles. The zero-order chi connectivity index (χ0) is 34.0. The van der Waals surface area contributed by atoms with E-state index in [1.54, 1.807) is 57.2 Å². The van der Waals surface area contributed by atoms with Gasteiger partial charge >= 0.3 is 12.1 Å². The minimum atomic E-state index is -1.28. The molecule has 0 fully saturated rings. The van der Waals surface area contributed by atoms with E-state index in [1.807, 2.05) is 39.0 Å². The van der Waals surface area contributed by atoms with Crippen molar-refractivity contribution in [3.63, 3.8) is 0 Å². The number of furan rings is 1. The Morgan fingerprint density at radius 2 is 1.78 bits per heavy atom. The van der Waals surface area contributed by atoms with Crippen molar-refractivity contribution < 1.29 is 33.0 Å². The van der Waals surface area contributed by atoms with Crippen molar-refractivity contribution in [2.45, 2.75) is 66.0 Å². The first-order chi connectivity index (χ1) is 21.6. The fraction of sp³-hybridized carbons (Fsp3) is 0.270. The largest absolute Gasteiger partial charge is 0.480 e. The number of aliphatic carboxylic acids is 1. The number of rotatable bonds is 10. The van der Waals surface area contributed by atoms with Crippen LogP contribution < -0.4 is 10.6 Å². The van der Waals surface area contributed by atoms with E-state index in [1.165, 1.54) is 12.1 Å². The smallest absolute Gasteiger partial charge is 0.412 e. The lowest BCUT2D eigenvalue weighted by molar-refractivity contribution is -0.141. The van der Waals surface area contributed by atoms with E-state index >= 15 is 0 Å². The molecule has 0 saturated carbocycles. The number of ether oxygens (including phenoxy) is 1. The van der Waals surface area contributed by atoms with Crippen molar-refractivity contribution in [2.24, 2.45) is 0 Å². The van der Waals surface area contributed by atoms with E-state index in [4.69, 9.17) is 9.15 Å². The second kappa shape index (κ2) is 15.6. The van der Waals surface area contributed by atoms with Crippen LogP contribution in [0.15, 0.2) is 83.3 Å². The van der Waals surface area contributed by atoms with Crippen LogP contribution in [0.2, 0.25) is 0 Å². The summed E-state index contributed by atoms with van der Waals surface area (Å²) in [5.74, 6) is 4.13. The maximum atomic E-state index is 14.9. The van der Waals surface area contributed by atoms with Crippen molar-refractivity contribution in [2.75, 3.05) is 5.32 Å². The second-order valence-corrected chi connectivity index (χ2v) is 11.7. The Morgan fingerprint density at radius 1 is 1.09 bits per heavy atom. The van der Waals surface area contributed by atoms with Gasteiger partial charge in [0.1, 0.15) is 29.0 Å². The number of halogens is 1. The van der Waals surface area contributed by atoms with Crippen LogP contribution in [0.4, 0.5) is 14.9 Å². The average Bonchev–Trinajstić information content (AvgIpc) is 3.34. The minimum Gasteiger partial charge on any atom is -0.480 e. The number of nitrogens with one attached hydrogen (secondary N) is 2. The molecule has 1 aromatic heterocycles. The number of aryl methyl sites for hydroxylation is 1. The third kappa shape index (κ3) is 11.0. The first kappa shape index (κ1) is 35.1. The monoisotopic (exact) mass is 626 g/mol. The van der Waals surface area contributed by atoms with Crippen molar-refractivity contribution in [3.05, 3.63) is 119 Å². The number of carbonyl (C=O) groups is 3. The summed E-state index contributed by atoms with van der Waals surface area (Å²) in [4.78, 5) is 36.6. The summed E-state index contributed by atoms with van der Waals surface area (Å²) in [5, 5.41) is 14.9. The first-order valence-electron chi connectivity index (χ1n) is 14.7. The Hall–Kier alpha value is -5.36. The van der Waals surface area contributed by atoms with Crippen LogP contribution in [0.25, 0.3) is 5.57 Å². The number of anilines is 1. The molecule has 0 radical (unpaired) electrons. The number of carbonyl (C=O) groups excluding carboxylic acids is 2. The fourth-order valence-corrected chi connectivity index (χ4v) is 4.18. The molecule has 8 nitrogen and oxygen atoms in total. The van der Waals surface area contributed by atoms with Crippen LogP contribution in [0, 0.1) is 24.6 Å². The standard InChI is InChI=1S/C37H39FN2O6/c1-8-23(2)9-10-24(3)34-25(4)19-30(45-34)22-33(41)40-32(35(42)43)21-27-12-16-28(31(38)20-27)15-11-26-13-17-29(18-14-26)39-36(44)46-37(5,6)7/h8-10,12-14,16-20,32H,3,21-22H2,1-2,4-7H3,(H,39,44)(H,40,41)(H,42,43)/b10-9-,23-8-. The molecular formula is C37H39FN2O6. The quantitative estimate of drug-likeness (QED) is 0.160. The molecule has 1 heterocycles. The predicted octanol–water partition coefficient (Wildman–Crippen LogP) is 7.36. The van der Waals surface area contributed by atoms with E-state index in [0.29, 0.717) is 33.9 Å². The molecule has 0 aliphatic rings. The SMILES string of the molecule is C=C(/C=C\C(C)=C/C)c1oc(CC(=O)NC(Cc2ccc(C#Cc3ccc(NC(=O)OC(C)(C)C)cc3)c(F)c2)C(=O)O)cc1C. The third-order valence-corrected chi connectivity index (χ3v) is 6.58. The van der Waals surface area contributed by atoms with Crippen LogP contribution >= 0.6 is 0 Å². The van der Waals surface area contributed by atoms with Gasteiger partial charge in [0.25, 0.3) is 0 Å². The maximum Gasteiger partial charge on any atom is 0.412 e. The summed E-state index contributed by atoms with van der Waals surface area (Å²) in [7, 11) is 0. The van der Waals surface area contributed by atoms with E-state index in [2.05, 4.69) is 29.1 Å². The molecule has 240 valence electrons. The Morgan fingerprint density at radius 3 is 2.39 bits per heavy atom. The van der Waals surface area contributed by atoms with E-state index in [-0.39, 0.29) is 18.4 Å². The Balaban J connectivity index is 1.61. The zero-order valence-corrected chi connectivity index (χ0v) is 26.9. The van der Waals surface area contributed by atoms with Gasteiger partial charge in [0.2, 0.25) is 5.91 Å². The topological polar surface area (TPSA) is 118 Å². The molecule has 46 heavy (non-hydrogen) atoms. The molecule has 2 amide bonds. The number of allylic oxidation sites excluding steroid dienone is 5. The lowest BCUT2D eigenvalue weighted by atomic mass is 10.0. The molecule has 0 aliphatic heterocycles. The highest BCUT2D eigenvalue weighted by atomic mass is 19.1. The van der Waals surface area contributed by atoms with Crippen LogP contribution in [-0.2, 0) is 27.2 Å². The lowest BCUT2D eigenvalue weighted by Crippen LogP contribution is -2.43.